The van der Waals surface area contributed by atoms with Crippen LogP contribution in [0.2, 0.25) is 0 Å². The summed E-state index contributed by atoms with van der Waals surface area (Å²) < 4.78 is 5.42. The number of benzene rings is 1. The zero-order chi connectivity index (χ0) is 13.5. The SMILES string of the molecule is Cc1ccc2c(c1C)C[C@@H](C(=O)OC(C)(C)C)N2. The Kier molecular flexibility index (Phi) is 3.09. The summed E-state index contributed by atoms with van der Waals surface area (Å²) in [6, 6.07) is 3.88. The predicted octanol–water partition coefficient (Wildman–Crippen LogP) is 2.98. The standard InChI is InChI=1S/C15H21NO2/c1-9-6-7-12-11(10(9)2)8-13(16-12)14(17)18-15(3,4)5/h6-7,13,16H,8H2,1-5H3/t13-/m0/s1. The number of rotatable bonds is 1. The normalized spacial score (nSPS) is 18.2. The van der Waals surface area contributed by atoms with Gasteiger partial charge in [0.2, 0.25) is 0 Å². The maximum Gasteiger partial charge on any atom is 0.329 e. The molecular formula is C15H21NO2. The lowest BCUT2D eigenvalue weighted by Crippen LogP contribution is -2.35. The van der Waals surface area contributed by atoms with Crippen LogP contribution in [0.3, 0.4) is 0 Å². The molecule has 0 radical (unpaired) electrons. The molecule has 1 aromatic rings. The highest BCUT2D eigenvalue weighted by molar-refractivity contribution is 5.83. The summed E-state index contributed by atoms with van der Waals surface area (Å²) in [6.07, 6.45) is 0.720. The topological polar surface area (TPSA) is 38.3 Å². The van der Waals surface area contributed by atoms with Crippen molar-refractivity contribution in [2.45, 2.75) is 52.7 Å². The fourth-order valence-electron chi connectivity index (χ4n) is 2.23. The average molecular weight is 247 g/mol. The summed E-state index contributed by atoms with van der Waals surface area (Å²) in [5.41, 5.74) is 4.41. The number of anilines is 1. The number of esters is 1. The van der Waals surface area contributed by atoms with Gasteiger partial charge in [0.15, 0.2) is 0 Å². The lowest BCUT2D eigenvalue weighted by molar-refractivity contribution is -0.155. The molecule has 1 aliphatic heterocycles. The summed E-state index contributed by atoms with van der Waals surface area (Å²) in [4.78, 5) is 12.0. The van der Waals surface area contributed by atoms with Gasteiger partial charge in [-0.05, 0) is 57.4 Å². The van der Waals surface area contributed by atoms with E-state index in [-0.39, 0.29) is 12.0 Å². The maximum atomic E-state index is 12.0. The second-order valence-corrected chi connectivity index (χ2v) is 5.97. The third-order valence-electron chi connectivity index (χ3n) is 3.30. The summed E-state index contributed by atoms with van der Waals surface area (Å²) in [5.74, 6) is -0.171. The minimum absolute atomic E-state index is 0.171. The first kappa shape index (κ1) is 12.9. The van der Waals surface area contributed by atoms with Gasteiger partial charge >= 0.3 is 5.97 Å². The van der Waals surface area contributed by atoms with Crippen molar-refractivity contribution >= 4 is 11.7 Å². The molecule has 0 aliphatic carbocycles. The van der Waals surface area contributed by atoms with Crippen molar-refractivity contribution in [3.63, 3.8) is 0 Å². The van der Waals surface area contributed by atoms with Gasteiger partial charge in [-0.15, -0.1) is 0 Å². The van der Waals surface area contributed by atoms with Gasteiger partial charge in [0.1, 0.15) is 11.6 Å². The number of carbonyl (C=O) groups excluding carboxylic acids is 1. The van der Waals surface area contributed by atoms with E-state index in [2.05, 4.69) is 25.2 Å². The van der Waals surface area contributed by atoms with E-state index in [4.69, 9.17) is 4.74 Å². The fraction of sp³-hybridized carbons (Fsp3) is 0.533. The van der Waals surface area contributed by atoms with Crippen LogP contribution in [-0.4, -0.2) is 17.6 Å². The third kappa shape index (κ3) is 2.50. The lowest BCUT2D eigenvalue weighted by Gasteiger charge is -2.22. The minimum Gasteiger partial charge on any atom is -0.458 e. The summed E-state index contributed by atoms with van der Waals surface area (Å²) in [7, 11) is 0. The molecule has 0 saturated carbocycles. The number of aryl methyl sites for hydroxylation is 1. The zero-order valence-corrected chi connectivity index (χ0v) is 11.8. The van der Waals surface area contributed by atoms with Gasteiger partial charge in [0.05, 0.1) is 0 Å². The van der Waals surface area contributed by atoms with Gasteiger partial charge in [0, 0.05) is 12.1 Å². The predicted molar refractivity (Wildman–Crippen MR) is 72.9 cm³/mol. The van der Waals surface area contributed by atoms with E-state index >= 15 is 0 Å². The molecule has 0 bridgehead atoms. The molecule has 1 N–H and O–H groups in total. The van der Waals surface area contributed by atoms with Crippen LogP contribution in [0.1, 0.15) is 37.5 Å². The Hall–Kier alpha value is -1.51. The van der Waals surface area contributed by atoms with E-state index in [0.29, 0.717) is 0 Å². The van der Waals surface area contributed by atoms with Crippen molar-refractivity contribution in [1.29, 1.82) is 0 Å². The van der Waals surface area contributed by atoms with E-state index < -0.39 is 5.60 Å². The van der Waals surface area contributed by atoms with Crippen molar-refractivity contribution in [3.8, 4) is 0 Å². The Morgan fingerprint density at radius 2 is 2.00 bits per heavy atom. The smallest absolute Gasteiger partial charge is 0.329 e. The second kappa shape index (κ2) is 4.30. The van der Waals surface area contributed by atoms with Crippen molar-refractivity contribution in [2.75, 3.05) is 5.32 Å². The molecule has 0 fully saturated rings. The molecule has 1 atom stereocenters. The second-order valence-electron chi connectivity index (χ2n) is 5.97. The highest BCUT2D eigenvalue weighted by Gasteiger charge is 2.31. The Morgan fingerprint density at radius 3 is 2.61 bits per heavy atom. The van der Waals surface area contributed by atoms with E-state index in [0.717, 1.165) is 12.1 Å². The van der Waals surface area contributed by atoms with Crippen molar-refractivity contribution in [1.82, 2.24) is 0 Å². The number of fused-ring (bicyclic) bond motifs is 1. The first-order chi connectivity index (χ1) is 8.28. The van der Waals surface area contributed by atoms with Crippen LogP contribution in [0.5, 0.6) is 0 Å². The van der Waals surface area contributed by atoms with Crippen LogP contribution in [0.25, 0.3) is 0 Å². The molecule has 0 spiro atoms. The third-order valence-corrected chi connectivity index (χ3v) is 3.30. The van der Waals surface area contributed by atoms with E-state index in [1.165, 1.54) is 16.7 Å². The van der Waals surface area contributed by atoms with Gasteiger partial charge in [-0.25, -0.2) is 4.79 Å². The van der Waals surface area contributed by atoms with Crippen molar-refractivity contribution in [3.05, 3.63) is 28.8 Å². The molecule has 1 aromatic carbocycles. The molecule has 1 heterocycles. The molecular weight excluding hydrogens is 226 g/mol. The van der Waals surface area contributed by atoms with Crippen LogP contribution in [0.15, 0.2) is 12.1 Å². The molecule has 98 valence electrons. The molecule has 2 rings (SSSR count). The van der Waals surface area contributed by atoms with Gasteiger partial charge in [-0.1, -0.05) is 6.07 Å². The number of nitrogens with one attached hydrogen (secondary N) is 1. The summed E-state index contributed by atoms with van der Waals surface area (Å²) in [5, 5.41) is 3.25. The van der Waals surface area contributed by atoms with Gasteiger partial charge in [-0.2, -0.15) is 0 Å². The van der Waals surface area contributed by atoms with Crippen LogP contribution >= 0.6 is 0 Å². The van der Waals surface area contributed by atoms with E-state index in [1.54, 1.807) is 0 Å². The molecule has 18 heavy (non-hydrogen) atoms. The molecule has 0 amide bonds. The first-order valence-corrected chi connectivity index (χ1v) is 6.36. The lowest BCUT2D eigenvalue weighted by atomic mass is 10.00. The molecule has 3 heteroatoms. The molecule has 3 nitrogen and oxygen atoms in total. The Balaban J connectivity index is 2.15. The molecule has 0 aromatic heterocycles. The van der Waals surface area contributed by atoms with E-state index in [1.807, 2.05) is 26.8 Å². The highest BCUT2D eigenvalue weighted by atomic mass is 16.6. The summed E-state index contributed by atoms with van der Waals surface area (Å²) >= 11 is 0. The first-order valence-electron chi connectivity index (χ1n) is 6.36. The molecule has 1 aliphatic rings. The Labute approximate surface area is 109 Å². The van der Waals surface area contributed by atoms with Crippen LogP contribution in [0, 0.1) is 13.8 Å². The number of hydrogen-bond donors (Lipinski definition) is 1. The molecule has 0 saturated heterocycles. The van der Waals surface area contributed by atoms with Gasteiger partial charge in [0.25, 0.3) is 0 Å². The Bertz CT molecular complexity index is 486. The van der Waals surface area contributed by atoms with Gasteiger partial charge < -0.3 is 10.1 Å². The number of hydrogen-bond acceptors (Lipinski definition) is 3. The largest absolute Gasteiger partial charge is 0.458 e. The fourth-order valence-corrected chi connectivity index (χ4v) is 2.23. The summed E-state index contributed by atoms with van der Waals surface area (Å²) in [6.45, 7) is 9.87. The monoisotopic (exact) mass is 247 g/mol. The van der Waals surface area contributed by atoms with Gasteiger partial charge in [-0.3, -0.25) is 0 Å². The van der Waals surface area contributed by atoms with Crippen LogP contribution in [0.4, 0.5) is 5.69 Å². The number of carbonyl (C=O) groups is 1. The van der Waals surface area contributed by atoms with Crippen LogP contribution < -0.4 is 5.32 Å². The Morgan fingerprint density at radius 1 is 1.33 bits per heavy atom. The average Bonchev–Trinajstić information content (AvgIpc) is 2.66. The van der Waals surface area contributed by atoms with Crippen LogP contribution in [-0.2, 0) is 16.0 Å². The van der Waals surface area contributed by atoms with E-state index in [9.17, 15) is 4.79 Å². The highest BCUT2D eigenvalue weighted by Crippen LogP contribution is 2.31. The number of ether oxygens (including phenoxy) is 1. The van der Waals surface area contributed by atoms with Crippen molar-refractivity contribution < 1.29 is 9.53 Å². The molecule has 0 unspecified atom stereocenters. The minimum atomic E-state index is -0.432. The quantitative estimate of drug-likeness (QED) is 0.775. The van der Waals surface area contributed by atoms with Crippen molar-refractivity contribution in [2.24, 2.45) is 0 Å². The zero-order valence-electron chi connectivity index (χ0n) is 11.8. The maximum absolute atomic E-state index is 12.0.